The third kappa shape index (κ3) is 19.7. The molecule has 42 heavy (non-hydrogen) atoms. The molecule has 0 spiro atoms. The number of unbranched alkanes of at least 4 members (excludes halogenated alkanes) is 16. The molecule has 0 aromatic heterocycles. The van der Waals surface area contributed by atoms with Crippen LogP contribution in [0.25, 0.3) is 0 Å². The van der Waals surface area contributed by atoms with E-state index in [0.29, 0.717) is 0 Å². The molecule has 2 aromatic rings. The average Bonchev–Trinajstić information content (AvgIpc) is 2.98. The van der Waals surface area contributed by atoms with Crippen LogP contribution < -0.4 is 9.47 Å². The Labute approximate surface area is 259 Å². The van der Waals surface area contributed by atoms with Crippen molar-refractivity contribution in [3.8, 4) is 11.5 Å². The molecule has 0 saturated heterocycles. The second-order valence-corrected chi connectivity index (χ2v) is 13.0. The molecule has 0 radical (unpaired) electrons. The summed E-state index contributed by atoms with van der Waals surface area (Å²) in [7, 11) is 6.88. The number of hydrogen-bond acceptors (Lipinski definition) is 3. The van der Waals surface area contributed by atoms with Gasteiger partial charge in [-0.1, -0.05) is 96.8 Å². The second-order valence-electron chi connectivity index (χ2n) is 13.0. The SMILES string of the molecule is CCCCCCOc1ccc(N=Cc2ccc(OCCCCCCCCCCCCCCCC[N+](C)(C)C)cc2)cc1. The maximum absolute atomic E-state index is 5.96. The molecular weight excluding hydrogens is 516 g/mol. The highest BCUT2D eigenvalue weighted by atomic mass is 16.5. The van der Waals surface area contributed by atoms with Gasteiger partial charge in [0.1, 0.15) is 11.5 Å². The summed E-state index contributed by atoms with van der Waals surface area (Å²) in [5.41, 5.74) is 2.01. The standard InChI is InChI=1S/C38H63N2O2/c1-5-6-7-21-32-42-38-29-25-36(26-30-38)39-34-35-23-27-37(28-24-35)41-33-22-19-17-15-13-11-9-8-10-12-14-16-18-20-31-40(2,3)4/h23-30,34H,5-22,31-33H2,1-4H3/q+1. The van der Waals surface area contributed by atoms with Gasteiger partial charge in [0, 0.05) is 6.21 Å². The maximum Gasteiger partial charge on any atom is 0.119 e. The summed E-state index contributed by atoms with van der Waals surface area (Å²) in [6.07, 6.45) is 26.1. The smallest absolute Gasteiger partial charge is 0.119 e. The molecule has 0 aliphatic heterocycles. The average molecular weight is 580 g/mol. The summed E-state index contributed by atoms with van der Waals surface area (Å²) in [5, 5.41) is 0. The minimum absolute atomic E-state index is 0.787. The van der Waals surface area contributed by atoms with E-state index in [4.69, 9.17) is 9.47 Å². The van der Waals surface area contributed by atoms with Gasteiger partial charge in [-0.2, -0.15) is 0 Å². The lowest BCUT2D eigenvalue weighted by atomic mass is 10.0. The lowest BCUT2D eigenvalue weighted by Gasteiger charge is -2.23. The van der Waals surface area contributed by atoms with Gasteiger partial charge in [0.15, 0.2) is 0 Å². The number of nitrogens with zero attached hydrogens (tertiary/aromatic N) is 2. The van der Waals surface area contributed by atoms with Crippen molar-refractivity contribution in [3.63, 3.8) is 0 Å². The van der Waals surface area contributed by atoms with Gasteiger partial charge in [-0.25, -0.2) is 0 Å². The van der Waals surface area contributed by atoms with Gasteiger partial charge < -0.3 is 14.0 Å². The van der Waals surface area contributed by atoms with Crippen molar-refractivity contribution >= 4 is 11.9 Å². The lowest BCUT2D eigenvalue weighted by Crippen LogP contribution is -2.35. The van der Waals surface area contributed by atoms with E-state index >= 15 is 0 Å². The Kier molecular flexibility index (Phi) is 19.8. The van der Waals surface area contributed by atoms with Crippen LogP contribution in [0.1, 0.15) is 128 Å². The minimum atomic E-state index is 0.787. The Bertz CT molecular complexity index is 916. The van der Waals surface area contributed by atoms with Crippen molar-refractivity contribution in [3.05, 3.63) is 54.1 Å². The Hall–Kier alpha value is -2.33. The second kappa shape index (κ2) is 23.2. The summed E-state index contributed by atoms with van der Waals surface area (Å²) in [5.74, 6) is 1.86. The zero-order valence-corrected chi connectivity index (χ0v) is 27.8. The van der Waals surface area contributed by atoms with Gasteiger partial charge in [-0.15, -0.1) is 0 Å². The summed E-state index contributed by atoms with van der Waals surface area (Å²) in [6.45, 7) is 5.13. The quantitative estimate of drug-likeness (QED) is 0.0630. The number of quaternary nitrogens is 1. The molecule has 0 amide bonds. The van der Waals surface area contributed by atoms with E-state index < -0.39 is 0 Å². The third-order valence-corrected chi connectivity index (χ3v) is 7.84. The van der Waals surface area contributed by atoms with Gasteiger partial charge in [-0.3, -0.25) is 4.99 Å². The van der Waals surface area contributed by atoms with Crippen LogP contribution in [0, 0.1) is 0 Å². The zero-order chi connectivity index (χ0) is 30.1. The van der Waals surface area contributed by atoms with Crippen LogP contribution in [0.5, 0.6) is 11.5 Å². The number of benzene rings is 2. The van der Waals surface area contributed by atoms with E-state index in [-0.39, 0.29) is 0 Å². The topological polar surface area (TPSA) is 30.8 Å². The molecular formula is C38H63N2O2+. The van der Waals surface area contributed by atoms with Gasteiger partial charge in [0.05, 0.1) is 46.6 Å². The molecule has 0 saturated carbocycles. The van der Waals surface area contributed by atoms with Crippen LogP contribution in [0.2, 0.25) is 0 Å². The summed E-state index contributed by atoms with van der Waals surface area (Å²) in [6, 6.07) is 16.2. The molecule has 4 heteroatoms. The molecule has 236 valence electrons. The molecule has 0 aliphatic rings. The van der Waals surface area contributed by atoms with E-state index in [0.717, 1.165) is 53.3 Å². The Morgan fingerprint density at radius 3 is 1.38 bits per heavy atom. The van der Waals surface area contributed by atoms with Crippen LogP contribution in [-0.2, 0) is 0 Å². The summed E-state index contributed by atoms with van der Waals surface area (Å²) in [4.78, 5) is 4.60. The Morgan fingerprint density at radius 1 is 0.524 bits per heavy atom. The molecule has 0 atom stereocenters. The molecule has 2 aromatic carbocycles. The monoisotopic (exact) mass is 579 g/mol. The van der Waals surface area contributed by atoms with E-state index in [1.165, 1.54) is 109 Å². The Balaban J connectivity index is 1.42. The van der Waals surface area contributed by atoms with Crippen molar-refractivity contribution in [2.24, 2.45) is 4.99 Å². The van der Waals surface area contributed by atoms with E-state index in [9.17, 15) is 0 Å². The molecule has 0 unspecified atom stereocenters. The third-order valence-electron chi connectivity index (χ3n) is 7.84. The van der Waals surface area contributed by atoms with Crippen molar-refractivity contribution in [2.45, 2.75) is 122 Å². The number of aliphatic imine (C=N–C) groups is 1. The fraction of sp³-hybridized carbons (Fsp3) is 0.658. The van der Waals surface area contributed by atoms with E-state index in [1.807, 2.05) is 42.6 Å². The predicted molar refractivity (Wildman–Crippen MR) is 183 cm³/mol. The molecule has 0 aliphatic carbocycles. The van der Waals surface area contributed by atoms with Crippen molar-refractivity contribution in [2.75, 3.05) is 40.9 Å². The van der Waals surface area contributed by atoms with Crippen LogP contribution in [-0.4, -0.2) is 51.6 Å². The first kappa shape index (κ1) is 35.9. The first-order valence-electron chi connectivity index (χ1n) is 17.3. The van der Waals surface area contributed by atoms with Gasteiger partial charge in [-0.05, 0) is 79.8 Å². The van der Waals surface area contributed by atoms with E-state index in [1.54, 1.807) is 0 Å². The molecule has 0 N–H and O–H groups in total. The highest BCUT2D eigenvalue weighted by Gasteiger charge is 2.05. The van der Waals surface area contributed by atoms with Crippen molar-refractivity contribution in [1.82, 2.24) is 0 Å². The maximum atomic E-state index is 5.96. The first-order valence-corrected chi connectivity index (χ1v) is 17.3. The molecule has 0 fully saturated rings. The molecule has 0 heterocycles. The van der Waals surface area contributed by atoms with Gasteiger partial charge in [0.2, 0.25) is 0 Å². The Morgan fingerprint density at radius 2 is 0.929 bits per heavy atom. The fourth-order valence-corrected chi connectivity index (χ4v) is 5.15. The molecule has 0 bridgehead atoms. The lowest BCUT2D eigenvalue weighted by molar-refractivity contribution is -0.870. The zero-order valence-electron chi connectivity index (χ0n) is 27.8. The molecule has 2 rings (SSSR count). The number of hydrogen-bond donors (Lipinski definition) is 0. The number of ether oxygens (including phenoxy) is 2. The highest BCUT2D eigenvalue weighted by Crippen LogP contribution is 2.19. The van der Waals surface area contributed by atoms with Crippen LogP contribution in [0.15, 0.2) is 53.5 Å². The first-order chi connectivity index (χ1) is 20.5. The fourth-order valence-electron chi connectivity index (χ4n) is 5.15. The predicted octanol–water partition coefficient (Wildman–Crippen LogP) is 10.9. The van der Waals surface area contributed by atoms with Gasteiger partial charge >= 0.3 is 0 Å². The van der Waals surface area contributed by atoms with Crippen molar-refractivity contribution < 1.29 is 14.0 Å². The van der Waals surface area contributed by atoms with E-state index in [2.05, 4.69) is 45.2 Å². The normalized spacial score (nSPS) is 11.8. The van der Waals surface area contributed by atoms with Gasteiger partial charge in [0.25, 0.3) is 0 Å². The van der Waals surface area contributed by atoms with Crippen LogP contribution >= 0.6 is 0 Å². The van der Waals surface area contributed by atoms with Crippen molar-refractivity contribution in [1.29, 1.82) is 0 Å². The van der Waals surface area contributed by atoms with Crippen LogP contribution in [0.4, 0.5) is 5.69 Å². The largest absolute Gasteiger partial charge is 0.494 e. The summed E-state index contributed by atoms with van der Waals surface area (Å²) >= 11 is 0. The highest BCUT2D eigenvalue weighted by molar-refractivity contribution is 5.82. The molecule has 4 nitrogen and oxygen atoms in total. The summed E-state index contributed by atoms with van der Waals surface area (Å²) < 4.78 is 12.9. The van der Waals surface area contributed by atoms with Crippen LogP contribution in [0.3, 0.4) is 0 Å². The minimum Gasteiger partial charge on any atom is -0.494 e. The number of rotatable bonds is 26.